The van der Waals surface area contributed by atoms with Crippen molar-refractivity contribution in [3.63, 3.8) is 0 Å². The van der Waals surface area contributed by atoms with E-state index in [4.69, 9.17) is 0 Å². The minimum absolute atomic E-state index is 0.00150. The van der Waals surface area contributed by atoms with Crippen molar-refractivity contribution >= 4 is 5.91 Å². The summed E-state index contributed by atoms with van der Waals surface area (Å²) in [5.74, 6) is -4.71. The normalized spacial score (nSPS) is 18.8. The first-order chi connectivity index (χ1) is 18.5. The standard InChI is InChI=1S/C26H20F6N6O/c1-36-24(13-9-18(27)22(29)19(28)10-13)17-12-15-3-2-4-20(23(17)35-36)37(15)25(39)16-6-5-14(26(30,31)32)11-21(16)38-33-7-8-34-38/h5-11,15,20H,2-4,12H2,1H3/t15-,20+/m1/s1. The highest BCUT2D eigenvalue weighted by Crippen LogP contribution is 2.45. The highest BCUT2D eigenvalue weighted by molar-refractivity contribution is 5.98. The van der Waals surface area contributed by atoms with E-state index in [0.29, 0.717) is 36.2 Å². The SMILES string of the molecule is Cn1nc2c(c1-c1cc(F)c(F)c(F)c1)C[C@H]1CCC[C@@H]2N1C(=O)c1ccc(C(F)(F)F)cc1-n1nccn1. The predicted molar refractivity (Wildman–Crippen MR) is 125 cm³/mol. The highest BCUT2D eigenvalue weighted by Gasteiger charge is 2.44. The van der Waals surface area contributed by atoms with E-state index in [9.17, 15) is 31.1 Å². The molecule has 1 saturated heterocycles. The van der Waals surface area contributed by atoms with E-state index >= 15 is 0 Å². The van der Waals surface area contributed by atoms with Crippen molar-refractivity contribution in [3.05, 3.63) is 82.6 Å². The van der Waals surface area contributed by atoms with Gasteiger partial charge in [0, 0.05) is 24.2 Å². The fourth-order valence-corrected chi connectivity index (χ4v) is 5.74. The van der Waals surface area contributed by atoms with Crippen LogP contribution in [0.3, 0.4) is 0 Å². The highest BCUT2D eigenvalue weighted by atomic mass is 19.4. The molecular formula is C26H20F6N6O. The molecule has 1 amide bonds. The van der Waals surface area contributed by atoms with Gasteiger partial charge in [0.2, 0.25) is 0 Å². The Morgan fingerprint density at radius 1 is 1.00 bits per heavy atom. The lowest BCUT2D eigenvalue weighted by molar-refractivity contribution is -0.137. The molecule has 2 aliphatic heterocycles. The Labute approximate surface area is 217 Å². The zero-order valence-corrected chi connectivity index (χ0v) is 20.4. The smallest absolute Gasteiger partial charge is 0.327 e. The molecule has 2 atom stereocenters. The van der Waals surface area contributed by atoms with Gasteiger partial charge in [-0.2, -0.15) is 33.3 Å². The number of carbonyl (C=O) groups is 1. The second-order valence-corrected chi connectivity index (χ2v) is 9.66. The number of aryl methyl sites for hydroxylation is 1. The number of piperidine rings is 1. The van der Waals surface area contributed by atoms with Gasteiger partial charge in [-0.15, -0.1) is 0 Å². The van der Waals surface area contributed by atoms with Crippen LogP contribution in [0.1, 0.15) is 52.5 Å². The summed E-state index contributed by atoms with van der Waals surface area (Å²) in [5, 5.41) is 12.5. The number of alkyl halides is 3. The molecule has 6 rings (SSSR count). The van der Waals surface area contributed by atoms with Crippen molar-refractivity contribution in [1.29, 1.82) is 0 Å². The largest absolute Gasteiger partial charge is 0.416 e. The van der Waals surface area contributed by atoms with Crippen LogP contribution in [-0.2, 0) is 19.6 Å². The van der Waals surface area contributed by atoms with Crippen LogP contribution in [0, 0.1) is 17.5 Å². The second-order valence-electron chi connectivity index (χ2n) is 9.66. The van der Waals surface area contributed by atoms with Crippen molar-refractivity contribution in [2.75, 3.05) is 0 Å². The van der Waals surface area contributed by atoms with E-state index in [1.54, 1.807) is 11.9 Å². The third kappa shape index (κ3) is 4.07. The molecule has 13 heteroatoms. The molecule has 2 bridgehead atoms. The summed E-state index contributed by atoms with van der Waals surface area (Å²) in [4.78, 5) is 16.6. The number of amides is 1. The Hall–Kier alpha value is -4.16. The second kappa shape index (κ2) is 8.95. The van der Waals surface area contributed by atoms with Crippen LogP contribution in [0.4, 0.5) is 26.3 Å². The van der Waals surface area contributed by atoms with Crippen LogP contribution in [0.25, 0.3) is 16.9 Å². The van der Waals surface area contributed by atoms with E-state index in [2.05, 4.69) is 15.3 Å². The van der Waals surface area contributed by atoms with E-state index < -0.39 is 41.1 Å². The van der Waals surface area contributed by atoms with Gasteiger partial charge in [0.1, 0.15) is 0 Å². The Bertz CT molecular complexity index is 1570. The monoisotopic (exact) mass is 546 g/mol. The molecule has 1 fully saturated rings. The van der Waals surface area contributed by atoms with Gasteiger partial charge >= 0.3 is 6.18 Å². The lowest BCUT2D eigenvalue weighted by atomic mass is 9.81. The fraction of sp³-hybridized carbons (Fsp3) is 0.308. The van der Waals surface area contributed by atoms with Gasteiger partial charge in [0.05, 0.1) is 46.6 Å². The predicted octanol–water partition coefficient (Wildman–Crippen LogP) is 5.40. The van der Waals surface area contributed by atoms with Gasteiger partial charge in [-0.05, 0) is 56.0 Å². The van der Waals surface area contributed by atoms with Gasteiger partial charge in [0.25, 0.3) is 5.91 Å². The van der Waals surface area contributed by atoms with E-state index in [1.165, 1.54) is 17.1 Å². The number of nitrogens with zero attached hydrogens (tertiary/aromatic N) is 6. The summed E-state index contributed by atoms with van der Waals surface area (Å²) in [6, 6.07) is 3.78. The maximum absolute atomic E-state index is 14.1. The Kier molecular flexibility index (Phi) is 5.77. The number of hydrogen-bond donors (Lipinski definition) is 0. The van der Waals surface area contributed by atoms with Gasteiger partial charge < -0.3 is 4.90 Å². The molecule has 2 aromatic carbocycles. The van der Waals surface area contributed by atoms with Crippen LogP contribution >= 0.6 is 0 Å². The molecule has 202 valence electrons. The summed E-state index contributed by atoms with van der Waals surface area (Å²) >= 11 is 0. The van der Waals surface area contributed by atoms with Crippen LogP contribution in [0.15, 0.2) is 42.7 Å². The van der Waals surface area contributed by atoms with Crippen LogP contribution < -0.4 is 0 Å². The molecule has 2 aliphatic rings. The molecule has 0 N–H and O–H groups in total. The van der Waals surface area contributed by atoms with Crippen molar-refractivity contribution in [1.82, 2.24) is 29.7 Å². The topological polar surface area (TPSA) is 68.8 Å². The first-order valence-corrected chi connectivity index (χ1v) is 12.2. The zero-order valence-electron chi connectivity index (χ0n) is 20.4. The van der Waals surface area contributed by atoms with Gasteiger partial charge in [0.15, 0.2) is 17.5 Å². The number of halogens is 6. The lowest BCUT2D eigenvalue weighted by Gasteiger charge is -2.45. The Balaban J connectivity index is 1.44. The number of aromatic nitrogens is 5. The number of benzene rings is 2. The van der Waals surface area contributed by atoms with E-state index in [0.717, 1.165) is 41.5 Å². The third-order valence-corrected chi connectivity index (χ3v) is 7.36. The number of carbonyl (C=O) groups excluding carboxylic acids is 1. The van der Waals surface area contributed by atoms with Crippen molar-refractivity contribution < 1.29 is 31.1 Å². The molecule has 0 saturated carbocycles. The zero-order chi connectivity index (χ0) is 27.6. The Morgan fingerprint density at radius 2 is 1.69 bits per heavy atom. The van der Waals surface area contributed by atoms with Crippen LogP contribution in [0.5, 0.6) is 0 Å². The maximum atomic E-state index is 14.1. The van der Waals surface area contributed by atoms with Gasteiger partial charge in [-0.25, -0.2) is 13.2 Å². The molecule has 0 unspecified atom stereocenters. The minimum atomic E-state index is -4.64. The molecule has 2 aromatic heterocycles. The minimum Gasteiger partial charge on any atom is -0.327 e. The fourth-order valence-electron chi connectivity index (χ4n) is 5.74. The first-order valence-electron chi connectivity index (χ1n) is 12.2. The summed E-state index contributed by atoms with van der Waals surface area (Å²) in [5.41, 5.74) is 0.718. The molecule has 39 heavy (non-hydrogen) atoms. The molecule has 0 spiro atoms. The average Bonchev–Trinajstić information content (AvgIpc) is 3.53. The van der Waals surface area contributed by atoms with Crippen molar-refractivity contribution in [2.45, 2.75) is 43.9 Å². The Morgan fingerprint density at radius 3 is 2.36 bits per heavy atom. The van der Waals surface area contributed by atoms with E-state index in [1.807, 2.05) is 0 Å². The summed E-state index contributed by atoms with van der Waals surface area (Å²) in [7, 11) is 1.60. The molecule has 4 heterocycles. The summed E-state index contributed by atoms with van der Waals surface area (Å²) in [6.07, 6.45) is 0.192. The number of hydrogen-bond acceptors (Lipinski definition) is 4. The lowest BCUT2D eigenvalue weighted by Crippen LogP contribution is -2.50. The molecule has 7 nitrogen and oxygen atoms in total. The van der Waals surface area contributed by atoms with Crippen LogP contribution in [-0.4, -0.2) is 41.6 Å². The first kappa shape index (κ1) is 25.1. The summed E-state index contributed by atoms with van der Waals surface area (Å²) in [6.45, 7) is 0. The maximum Gasteiger partial charge on any atom is 0.416 e. The van der Waals surface area contributed by atoms with Crippen molar-refractivity contribution in [2.24, 2.45) is 7.05 Å². The molecular weight excluding hydrogens is 526 g/mol. The van der Waals surface area contributed by atoms with Gasteiger partial charge in [-0.3, -0.25) is 9.48 Å². The summed E-state index contributed by atoms with van der Waals surface area (Å²) < 4.78 is 83.6. The number of fused-ring (bicyclic) bond motifs is 4. The van der Waals surface area contributed by atoms with Gasteiger partial charge in [-0.1, -0.05) is 0 Å². The van der Waals surface area contributed by atoms with E-state index in [-0.39, 0.29) is 22.9 Å². The van der Waals surface area contributed by atoms with Crippen molar-refractivity contribution in [3.8, 4) is 16.9 Å². The van der Waals surface area contributed by atoms with Crippen LogP contribution in [0.2, 0.25) is 0 Å². The quantitative estimate of drug-likeness (QED) is 0.255. The molecule has 0 aliphatic carbocycles. The molecule has 0 radical (unpaired) electrons. The average molecular weight is 546 g/mol. The molecule has 4 aromatic rings. The number of rotatable bonds is 3. The third-order valence-electron chi connectivity index (χ3n) is 7.36.